The summed E-state index contributed by atoms with van der Waals surface area (Å²) in [5.41, 5.74) is 0. The van der Waals surface area contributed by atoms with Crippen LogP contribution in [-0.2, 0) is 4.79 Å². The molecule has 3 aliphatic heterocycles. The summed E-state index contributed by atoms with van der Waals surface area (Å²) in [6.45, 7) is 7.60. The summed E-state index contributed by atoms with van der Waals surface area (Å²) in [6.07, 6.45) is 3.37. The molecule has 4 heteroatoms. The lowest BCUT2D eigenvalue weighted by Crippen LogP contribution is -2.48. The third-order valence-electron chi connectivity index (χ3n) is 5.07. The van der Waals surface area contributed by atoms with Crippen molar-refractivity contribution in [1.82, 2.24) is 10.2 Å². The van der Waals surface area contributed by atoms with Crippen LogP contribution in [0.4, 0.5) is 0 Å². The maximum atomic E-state index is 12.9. The summed E-state index contributed by atoms with van der Waals surface area (Å²) in [7, 11) is 0. The van der Waals surface area contributed by atoms with Gasteiger partial charge in [-0.25, -0.2) is 0 Å². The average molecular weight is 268 g/mol. The summed E-state index contributed by atoms with van der Waals surface area (Å²) in [5, 5.41) is 3.48. The molecule has 3 nitrogen and oxygen atoms in total. The Morgan fingerprint density at radius 3 is 3.00 bits per heavy atom. The molecule has 3 heterocycles. The Morgan fingerprint density at radius 1 is 1.50 bits per heavy atom. The lowest BCUT2D eigenvalue weighted by atomic mass is 9.92. The highest BCUT2D eigenvalue weighted by molar-refractivity contribution is 8.01. The second-order valence-corrected chi connectivity index (χ2v) is 7.80. The topological polar surface area (TPSA) is 32.3 Å². The highest BCUT2D eigenvalue weighted by atomic mass is 32.2. The Balaban J connectivity index is 1.77. The highest BCUT2D eigenvalue weighted by Gasteiger charge is 2.49. The molecule has 0 aliphatic carbocycles. The van der Waals surface area contributed by atoms with Crippen LogP contribution in [0.15, 0.2) is 0 Å². The van der Waals surface area contributed by atoms with Crippen molar-refractivity contribution >= 4 is 17.7 Å². The van der Waals surface area contributed by atoms with E-state index in [2.05, 4.69) is 24.1 Å². The lowest BCUT2D eigenvalue weighted by molar-refractivity contribution is -0.134. The zero-order valence-electron chi connectivity index (χ0n) is 11.4. The number of carbonyl (C=O) groups excluding carboxylic acids is 1. The number of fused-ring (bicyclic) bond motifs is 1. The molecule has 102 valence electrons. The van der Waals surface area contributed by atoms with Crippen molar-refractivity contribution in [3.05, 3.63) is 0 Å². The van der Waals surface area contributed by atoms with Crippen LogP contribution < -0.4 is 5.32 Å². The molecule has 3 saturated heterocycles. The van der Waals surface area contributed by atoms with Crippen molar-refractivity contribution in [2.45, 2.75) is 43.9 Å². The molecule has 0 aromatic heterocycles. The number of likely N-dealkylation sites (tertiary alicyclic amines) is 1. The summed E-state index contributed by atoms with van der Waals surface area (Å²) >= 11 is 1.87. The Hall–Kier alpha value is -0.220. The van der Waals surface area contributed by atoms with Gasteiger partial charge in [0.15, 0.2) is 0 Å². The van der Waals surface area contributed by atoms with Crippen LogP contribution in [0, 0.1) is 11.8 Å². The Bertz CT molecular complexity index is 341. The van der Waals surface area contributed by atoms with E-state index < -0.39 is 0 Å². The van der Waals surface area contributed by atoms with E-state index in [0.717, 1.165) is 38.2 Å². The molecule has 18 heavy (non-hydrogen) atoms. The van der Waals surface area contributed by atoms with Gasteiger partial charge in [-0.05, 0) is 43.8 Å². The zero-order valence-corrected chi connectivity index (χ0v) is 12.3. The van der Waals surface area contributed by atoms with Gasteiger partial charge in [0.05, 0.1) is 4.75 Å². The number of nitrogens with one attached hydrogen (secondary N) is 1. The maximum absolute atomic E-state index is 12.9. The number of hydrogen-bond donors (Lipinski definition) is 1. The standard InChI is InChI=1S/C14H24N2OS/c1-3-12-11-8-15-7-10(11)9-16(12)13(17)14(2)5-4-6-18-14/h10-12,15H,3-9H2,1-2H3. The minimum Gasteiger partial charge on any atom is -0.338 e. The molecule has 3 rings (SSSR count). The molecule has 0 aromatic rings. The van der Waals surface area contributed by atoms with Gasteiger partial charge >= 0.3 is 0 Å². The Kier molecular flexibility index (Phi) is 3.35. The molecular weight excluding hydrogens is 244 g/mol. The molecule has 1 N–H and O–H groups in total. The second kappa shape index (κ2) is 4.71. The highest BCUT2D eigenvalue weighted by Crippen LogP contribution is 2.43. The Labute approximate surface area is 114 Å². The smallest absolute Gasteiger partial charge is 0.238 e. The second-order valence-electron chi connectivity index (χ2n) is 6.20. The molecule has 0 aromatic carbocycles. The predicted molar refractivity (Wildman–Crippen MR) is 75.7 cm³/mol. The van der Waals surface area contributed by atoms with Gasteiger partial charge in [0, 0.05) is 25.7 Å². The number of rotatable bonds is 2. The summed E-state index contributed by atoms with van der Waals surface area (Å²) in [5.74, 6) is 2.98. The van der Waals surface area contributed by atoms with E-state index in [0.29, 0.717) is 23.8 Å². The summed E-state index contributed by atoms with van der Waals surface area (Å²) < 4.78 is -0.126. The van der Waals surface area contributed by atoms with Gasteiger partial charge in [-0.15, -0.1) is 11.8 Å². The minimum absolute atomic E-state index is 0.126. The SMILES string of the molecule is CCC1C2CNCC2CN1C(=O)C1(C)CCCS1. The van der Waals surface area contributed by atoms with Crippen LogP contribution in [0.5, 0.6) is 0 Å². The zero-order chi connectivity index (χ0) is 12.8. The van der Waals surface area contributed by atoms with Crippen LogP contribution in [0.1, 0.15) is 33.1 Å². The molecule has 4 unspecified atom stereocenters. The van der Waals surface area contributed by atoms with Gasteiger partial charge in [0.2, 0.25) is 5.91 Å². The van der Waals surface area contributed by atoms with E-state index in [1.54, 1.807) is 0 Å². The first-order chi connectivity index (χ1) is 8.65. The van der Waals surface area contributed by atoms with E-state index in [-0.39, 0.29) is 4.75 Å². The van der Waals surface area contributed by atoms with Gasteiger partial charge in [0.1, 0.15) is 0 Å². The van der Waals surface area contributed by atoms with Crippen molar-refractivity contribution in [3.8, 4) is 0 Å². The molecule has 0 radical (unpaired) electrons. The first kappa shape index (κ1) is 12.8. The summed E-state index contributed by atoms with van der Waals surface area (Å²) in [4.78, 5) is 15.1. The van der Waals surface area contributed by atoms with Crippen molar-refractivity contribution in [2.24, 2.45) is 11.8 Å². The van der Waals surface area contributed by atoms with Crippen LogP contribution in [0.3, 0.4) is 0 Å². The van der Waals surface area contributed by atoms with E-state index in [1.807, 2.05) is 11.8 Å². The van der Waals surface area contributed by atoms with Crippen LogP contribution in [0.2, 0.25) is 0 Å². The monoisotopic (exact) mass is 268 g/mol. The fourth-order valence-corrected chi connectivity index (χ4v) is 5.30. The van der Waals surface area contributed by atoms with Crippen molar-refractivity contribution in [1.29, 1.82) is 0 Å². The fourth-order valence-electron chi connectivity index (χ4n) is 4.03. The van der Waals surface area contributed by atoms with Gasteiger partial charge in [0.25, 0.3) is 0 Å². The average Bonchev–Trinajstić information content (AvgIpc) is 3.02. The molecule has 3 fully saturated rings. The molecule has 0 saturated carbocycles. The van der Waals surface area contributed by atoms with Crippen molar-refractivity contribution in [3.63, 3.8) is 0 Å². The first-order valence-electron chi connectivity index (χ1n) is 7.31. The Morgan fingerprint density at radius 2 is 2.33 bits per heavy atom. The molecule has 3 aliphatic rings. The van der Waals surface area contributed by atoms with E-state index in [1.165, 1.54) is 6.42 Å². The molecule has 1 amide bonds. The number of hydrogen-bond acceptors (Lipinski definition) is 3. The number of amides is 1. The first-order valence-corrected chi connectivity index (χ1v) is 8.30. The quantitative estimate of drug-likeness (QED) is 0.828. The lowest BCUT2D eigenvalue weighted by Gasteiger charge is -2.33. The van der Waals surface area contributed by atoms with Crippen LogP contribution in [0.25, 0.3) is 0 Å². The molecule has 4 atom stereocenters. The van der Waals surface area contributed by atoms with Gasteiger partial charge in [-0.2, -0.15) is 0 Å². The van der Waals surface area contributed by atoms with Crippen molar-refractivity contribution in [2.75, 3.05) is 25.4 Å². The molecular formula is C14H24N2OS. The van der Waals surface area contributed by atoms with Gasteiger partial charge in [-0.1, -0.05) is 6.92 Å². The normalized spacial score (nSPS) is 43.4. The maximum Gasteiger partial charge on any atom is 0.238 e. The molecule has 0 spiro atoms. The van der Waals surface area contributed by atoms with Crippen LogP contribution >= 0.6 is 11.8 Å². The van der Waals surface area contributed by atoms with E-state index in [4.69, 9.17) is 0 Å². The third kappa shape index (κ3) is 1.88. The number of nitrogens with zero attached hydrogens (tertiary/aromatic N) is 1. The summed E-state index contributed by atoms with van der Waals surface area (Å²) in [6, 6.07) is 0.482. The minimum atomic E-state index is -0.126. The largest absolute Gasteiger partial charge is 0.338 e. The van der Waals surface area contributed by atoms with E-state index >= 15 is 0 Å². The van der Waals surface area contributed by atoms with Crippen molar-refractivity contribution < 1.29 is 4.79 Å². The van der Waals surface area contributed by atoms with Gasteiger partial charge < -0.3 is 10.2 Å². The van der Waals surface area contributed by atoms with Gasteiger partial charge in [-0.3, -0.25) is 4.79 Å². The third-order valence-corrected chi connectivity index (χ3v) is 6.58. The molecule has 0 bridgehead atoms. The van der Waals surface area contributed by atoms with E-state index in [9.17, 15) is 4.79 Å². The number of thioether (sulfide) groups is 1. The number of carbonyl (C=O) groups is 1. The fraction of sp³-hybridized carbons (Fsp3) is 0.929. The predicted octanol–water partition coefficient (Wildman–Crippen LogP) is 1.73. The van der Waals surface area contributed by atoms with Crippen LogP contribution in [-0.4, -0.2) is 47.0 Å².